The molecule has 0 saturated heterocycles. The molecule has 0 spiro atoms. The van der Waals surface area contributed by atoms with Crippen LogP contribution in [-0.4, -0.2) is 13.4 Å². The molecular formula is C18H21NOS. The maximum Gasteiger partial charge on any atom is 0.119 e. The molecule has 0 aliphatic heterocycles. The van der Waals surface area contributed by atoms with Crippen molar-refractivity contribution in [2.45, 2.75) is 30.2 Å². The summed E-state index contributed by atoms with van der Waals surface area (Å²) in [7, 11) is 1.73. The van der Waals surface area contributed by atoms with Gasteiger partial charge in [-0.15, -0.1) is 11.8 Å². The molecule has 2 aromatic carbocycles. The molecule has 3 rings (SSSR count). The summed E-state index contributed by atoms with van der Waals surface area (Å²) < 4.78 is 5.38. The van der Waals surface area contributed by atoms with E-state index in [9.17, 15) is 0 Å². The van der Waals surface area contributed by atoms with Gasteiger partial charge >= 0.3 is 0 Å². The second-order valence-electron chi connectivity index (χ2n) is 5.39. The van der Waals surface area contributed by atoms with Gasteiger partial charge in [0.1, 0.15) is 5.75 Å². The number of thioether (sulfide) groups is 1. The quantitative estimate of drug-likeness (QED) is 0.811. The Bertz CT molecular complexity index is 626. The summed E-state index contributed by atoms with van der Waals surface area (Å²) >= 11 is 1.78. The van der Waals surface area contributed by atoms with Crippen LogP contribution in [0.25, 0.3) is 0 Å². The van der Waals surface area contributed by atoms with Gasteiger partial charge in [0.15, 0.2) is 0 Å². The molecule has 0 saturated carbocycles. The second kappa shape index (κ2) is 6.44. The lowest BCUT2D eigenvalue weighted by Crippen LogP contribution is -2.17. The largest absolute Gasteiger partial charge is 0.497 e. The van der Waals surface area contributed by atoms with E-state index >= 15 is 0 Å². The minimum Gasteiger partial charge on any atom is -0.497 e. The number of hydrogen-bond acceptors (Lipinski definition) is 3. The predicted molar refractivity (Wildman–Crippen MR) is 90.5 cm³/mol. The van der Waals surface area contributed by atoms with E-state index in [1.807, 2.05) is 0 Å². The number of anilines is 1. The molecule has 3 heteroatoms. The van der Waals surface area contributed by atoms with Crippen molar-refractivity contribution in [3.63, 3.8) is 0 Å². The van der Waals surface area contributed by atoms with Gasteiger partial charge in [0, 0.05) is 10.6 Å². The van der Waals surface area contributed by atoms with E-state index in [-0.39, 0.29) is 0 Å². The van der Waals surface area contributed by atoms with Gasteiger partial charge in [-0.05, 0) is 67.0 Å². The Morgan fingerprint density at radius 2 is 2.10 bits per heavy atom. The van der Waals surface area contributed by atoms with E-state index in [4.69, 9.17) is 4.74 Å². The van der Waals surface area contributed by atoms with Crippen LogP contribution in [0.1, 0.15) is 30.0 Å². The van der Waals surface area contributed by atoms with E-state index in [1.54, 1.807) is 18.9 Å². The molecule has 1 atom stereocenters. The Kier molecular flexibility index (Phi) is 4.39. The van der Waals surface area contributed by atoms with Crippen LogP contribution in [0.2, 0.25) is 0 Å². The first-order valence-corrected chi connectivity index (χ1v) is 8.60. The van der Waals surface area contributed by atoms with Crippen molar-refractivity contribution in [1.29, 1.82) is 0 Å². The molecular weight excluding hydrogens is 278 g/mol. The third-order valence-electron chi connectivity index (χ3n) is 4.08. The molecule has 0 fully saturated rings. The monoisotopic (exact) mass is 299 g/mol. The highest BCUT2D eigenvalue weighted by atomic mass is 32.2. The summed E-state index contributed by atoms with van der Waals surface area (Å²) in [5.74, 6) is 0.945. The number of hydrogen-bond donors (Lipinski definition) is 1. The number of ether oxygens (including phenoxy) is 1. The van der Waals surface area contributed by atoms with Crippen LogP contribution in [0.15, 0.2) is 47.4 Å². The average Bonchev–Trinajstić information content (AvgIpc) is 2.55. The molecule has 1 N–H and O–H groups in total. The Morgan fingerprint density at radius 3 is 2.90 bits per heavy atom. The van der Waals surface area contributed by atoms with Gasteiger partial charge in [-0.25, -0.2) is 0 Å². The number of fused-ring (bicyclic) bond motifs is 1. The standard InChI is InChI=1S/C18H21NOS/c1-20-15-10-9-13-5-3-8-18(17(13)12-15)19-14-6-4-7-16(11-14)21-2/h4,6-7,9-12,18-19H,3,5,8H2,1-2H3. The highest BCUT2D eigenvalue weighted by Crippen LogP contribution is 2.35. The van der Waals surface area contributed by atoms with Crippen molar-refractivity contribution in [1.82, 2.24) is 0 Å². The maximum absolute atomic E-state index is 5.38. The van der Waals surface area contributed by atoms with Gasteiger partial charge in [-0.1, -0.05) is 12.1 Å². The van der Waals surface area contributed by atoms with Crippen LogP contribution in [0, 0.1) is 0 Å². The third-order valence-corrected chi connectivity index (χ3v) is 4.80. The van der Waals surface area contributed by atoms with E-state index in [1.165, 1.54) is 41.0 Å². The molecule has 0 heterocycles. The van der Waals surface area contributed by atoms with Gasteiger partial charge in [0.2, 0.25) is 0 Å². The molecule has 0 aromatic heterocycles. The minimum atomic E-state index is 0.376. The number of nitrogens with one attached hydrogen (secondary N) is 1. The van der Waals surface area contributed by atoms with Gasteiger partial charge < -0.3 is 10.1 Å². The fraction of sp³-hybridized carbons (Fsp3) is 0.333. The summed E-state index contributed by atoms with van der Waals surface area (Å²) in [5.41, 5.74) is 4.03. The smallest absolute Gasteiger partial charge is 0.119 e. The second-order valence-corrected chi connectivity index (χ2v) is 6.27. The number of benzene rings is 2. The van der Waals surface area contributed by atoms with Gasteiger partial charge in [-0.3, -0.25) is 0 Å². The first-order chi connectivity index (χ1) is 10.3. The third kappa shape index (κ3) is 3.18. The van der Waals surface area contributed by atoms with Gasteiger partial charge in [0.25, 0.3) is 0 Å². The van der Waals surface area contributed by atoms with Crippen molar-refractivity contribution in [2.75, 3.05) is 18.7 Å². The topological polar surface area (TPSA) is 21.3 Å². The fourth-order valence-corrected chi connectivity index (χ4v) is 3.43. The van der Waals surface area contributed by atoms with Gasteiger partial charge in [-0.2, -0.15) is 0 Å². The maximum atomic E-state index is 5.38. The predicted octanol–water partition coefficient (Wildman–Crippen LogP) is 4.91. The highest BCUT2D eigenvalue weighted by molar-refractivity contribution is 7.98. The highest BCUT2D eigenvalue weighted by Gasteiger charge is 2.20. The molecule has 1 unspecified atom stereocenters. The summed E-state index contributed by atoms with van der Waals surface area (Å²) in [6.07, 6.45) is 5.69. The molecule has 21 heavy (non-hydrogen) atoms. The Morgan fingerprint density at radius 1 is 1.19 bits per heavy atom. The van der Waals surface area contributed by atoms with Crippen molar-refractivity contribution >= 4 is 17.4 Å². The van der Waals surface area contributed by atoms with Crippen molar-refractivity contribution in [3.05, 3.63) is 53.6 Å². The molecule has 2 aromatic rings. The summed E-state index contributed by atoms with van der Waals surface area (Å²) in [5, 5.41) is 3.69. The Hall–Kier alpha value is -1.61. The van der Waals surface area contributed by atoms with Crippen LogP contribution in [0.5, 0.6) is 5.75 Å². The molecule has 110 valence electrons. The number of rotatable bonds is 4. The van der Waals surface area contributed by atoms with E-state index in [0.717, 1.165) is 5.75 Å². The molecule has 0 bridgehead atoms. The number of methoxy groups -OCH3 is 1. The first-order valence-electron chi connectivity index (χ1n) is 7.37. The average molecular weight is 299 g/mol. The van der Waals surface area contributed by atoms with Crippen LogP contribution in [0.3, 0.4) is 0 Å². The van der Waals surface area contributed by atoms with Gasteiger partial charge in [0.05, 0.1) is 13.2 Å². The van der Waals surface area contributed by atoms with Crippen LogP contribution in [-0.2, 0) is 6.42 Å². The van der Waals surface area contributed by atoms with Crippen molar-refractivity contribution < 1.29 is 4.74 Å². The number of aryl methyl sites for hydroxylation is 1. The Balaban J connectivity index is 1.87. The minimum absolute atomic E-state index is 0.376. The molecule has 0 amide bonds. The summed E-state index contributed by atoms with van der Waals surface area (Å²) in [6.45, 7) is 0. The summed E-state index contributed by atoms with van der Waals surface area (Å²) in [6, 6.07) is 15.5. The van der Waals surface area contributed by atoms with Crippen molar-refractivity contribution in [3.8, 4) is 5.75 Å². The van der Waals surface area contributed by atoms with E-state index in [2.05, 4.69) is 54.0 Å². The summed E-state index contributed by atoms with van der Waals surface area (Å²) in [4.78, 5) is 1.29. The zero-order valence-electron chi connectivity index (χ0n) is 12.6. The molecule has 1 aliphatic carbocycles. The SMILES string of the molecule is COc1ccc2c(c1)C(Nc1cccc(SC)c1)CCC2. The zero-order valence-corrected chi connectivity index (χ0v) is 13.4. The zero-order chi connectivity index (χ0) is 14.7. The lowest BCUT2D eigenvalue weighted by Gasteiger charge is -2.28. The molecule has 1 aliphatic rings. The molecule has 0 radical (unpaired) electrons. The van der Waals surface area contributed by atoms with Crippen LogP contribution >= 0.6 is 11.8 Å². The first kappa shape index (κ1) is 14.3. The fourth-order valence-electron chi connectivity index (χ4n) is 2.97. The van der Waals surface area contributed by atoms with Crippen molar-refractivity contribution in [2.24, 2.45) is 0 Å². The lowest BCUT2D eigenvalue weighted by atomic mass is 9.87. The van der Waals surface area contributed by atoms with E-state index in [0.29, 0.717) is 6.04 Å². The van der Waals surface area contributed by atoms with Crippen LogP contribution in [0.4, 0.5) is 5.69 Å². The lowest BCUT2D eigenvalue weighted by molar-refractivity contribution is 0.413. The molecule has 2 nitrogen and oxygen atoms in total. The Labute approximate surface area is 130 Å². The normalized spacial score (nSPS) is 17.1. The van der Waals surface area contributed by atoms with Crippen LogP contribution < -0.4 is 10.1 Å². The van der Waals surface area contributed by atoms with E-state index < -0.39 is 0 Å².